The third-order valence-electron chi connectivity index (χ3n) is 26.0. The lowest BCUT2D eigenvalue weighted by Gasteiger charge is -2.30. The van der Waals surface area contributed by atoms with Crippen molar-refractivity contribution in [3.8, 4) is 87.6 Å². The van der Waals surface area contributed by atoms with Crippen molar-refractivity contribution in [2.24, 2.45) is 47.3 Å². The monoisotopic (exact) mass is 1830 g/mol. The summed E-state index contributed by atoms with van der Waals surface area (Å²) < 4.78 is 43.2. The van der Waals surface area contributed by atoms with Crippen LogP contribution in [0.25, 0.3) is 0 Å². The molecule has 7 aromatic rings. The molecule has 0 radical (unpaired) electrons. The second-order valence-electron chi connectivity index (χ2n) is 35.9. The highest BCUT2D eigenvalue weighted by Gasteiger charge is 2.29. The van der Waals surface area contributed by atoms with E-state index in [1.54, 1.807) is 84.9 Å². The van der Waals surface area contributed by atoms with Crippen LogP contribution < -0.4 is 23.7 Å². The van der Waals surface area contributed by atoms with Crippen molar-refractivity contribution in [3.05, 3.63) is 234 Å². The van der Waals surface area contributed by atoms with E-state index < -0.39 is 29.8 Å². The maximum Gasteiger partial charge on any atom is 0.343 e. The molecule has 0 bridgehead atoms. The zero-order valence-electron chi connectivity index (χ0n) is 78.7. The van der Waals surface area contributed by atoms with Crippen LogP contribution >= 0.6 is 11.6 Å². The fraction of sp³-hybridized carbons (Fsp3) is 0.478. The largest absolute Gasteiger partial charge is 0.508 e. The van der Waals surface area contributed by atoms with E-state index in [9.17, 15) is 39.0 Å². The molecular formula is C115H139ClO17. The SMILES string of the molecule is C=CC(=O)OCCCOc1ccc(C(=O)Oc2ccc(C(C#CC#CC(CC3CCC(CCC)CC3)c3ccc(OC(=O)c4ccc(OCCCOC(=O)C=C)cc4)cc3)CC3CCC(CCC)CC3)cc2)cc1.CCCC1CCC(CC(C#CC#CC(CC2CCC(CCC)CC2)c2ccc(O)cc2)c2ccc(O)cc2)CC1.O=C(CCCl)OCCCOc1ccc(C(=O)O)cc1. The number of carboxylic acid groups (broad SMARTS) is 1. The molecule has 4 atom stereocenters. The number of halogens is 1. The standard InChI is InChI=1S/C64H74O10.C38H50O2.C13H15ClO5/c1-5-13-47-17-21-49(22-18-47)45-55(51-25-37-59(38-26-51)73-63(67)53-29-33-57(34-30-53)69-41-11-43-71-61(65)7-3)15-9-10-16-56(46-50-23-19-48(14-6-2)20-24-50)52-27-39-60(40-28-52)74-64(68)54-31-35-58(36-32-54)70-42-12-44-72-62(66)8-4;1-3-7-29-11-15-31(16-12-29)27-35(33-19-23-37(39)24-20-33)9-5-6-10-36(34-21-25-38(40)26-22-34)28-32-17-13-30(8-4-2)14-18-32;14-7-6-12(15)19-9-1-8-18-11-4-2-10(3-5-11)13(16)17/h7-8,25-40,47-50,55-56H,3-6,11-14,17-24,41-46H2,1-2H3;19-26,29-32,35-36,39-40H,3-4,7-8,11-18,27-28H2,1-2H3;2-5H,1,6-9H2,(H,16,17). The van der Waals surface area contributed by atoms with Gasteiger partial charge in [0.15, 0.2) is 0 Å². The van der Waals surface area contributed by atoms with E-state index in [0.717, 1.165) is 72.6 Å². The van der Waals surface area contributed by atoms with E-state index >= 15 is 0 Å². The van der Waals surface area contributed by atoms with E-state index in [4.69, 9.17) is 54.6 Å². The third kappa shape index (κ3) is 39.2. The Balaban J connectivity index is 0.000000277. The minimum absolute atomic E-state index is 0.0334. The Hall–Kier alpha value is -11.6. The highest BCUT2D eigenvalue weighted by Crippen LogP contribution is 2.43. The molecular weight excluding hydrogens is 1690 g/mol. The number of aromatic carboxylic acids is 1. The molecule has 133 heavy (non-hydrogen) atoms. The minimum Gasteiger partial charge on any atom is -0.508 e. The lowest BCUT2D eigenvalue weighted by molar-refractivity contribution is -0.143. The average molecular weight is 1830 g/mol. The number of hydrogen-bond donors (Lipinski definition) is 3. The van der Waals surface area contributed by atoms with Crippen LogP contribution in [-0.4, -0.2) is 96.7 Å². The molecule has 17 nitrogen and oxygen atoms in total. The molecule has 0 amide bonds. The number of carbonyl (C=O) groups is 6. The molecule has 0 heterocycles. The highest BCUT2D eigenvalue weighted by atomic mass is 35.5. The van der Waals surface area contributed by atoms with Gasteiger partial charge in [-0.15, -0.1) is 11.6 Å². The summed E-state index contributed by atoms with van der Waals surface area (Å²) >= 11 is 5.38. The summed E-state index contributed by atoms with van der Waals surface area (Å²) in [6, 6.07) is 50.3. The molecule has 0 saturated heterocycles. The van der Waals surface area contributed by atoms with Gasteiger partial charge < -0.3 is 53.2 Å². The summed E-state index contributed by atoms with van der Waals surface area (Å²) in [6.07, 6.45) is 38.9. The summed E-state index contributed by atoms with van der Waals surface area (Å²) in [4.78, 5) is 70.4. The summed E-state index contributed by atoms with van der Waals surface area (Å²) in [5.74, 6) is 34.0. The van der Waals surface area contributed by atoms with Crippen molar-refractivity contribution < 1.29 is 82.0 Å². The molecule has 4 unspecified atom stereocenters. The number of carbonyl (C=O) groups excluding carboxylic acids is 5. The molecule has 0 aromatic heterocycles. The average Bonchev–Trinajstić information content (AvgIpc) is 0.863. The molecule has 4 aliphatic carbocycles. The predicted octanol–water partition coefficient (Wildman–Crippen LogP) is 26.3. The Morgan fingerprint density at radius 1 is 0.346 bits per heavy atom. The molecule has 0 spiro atoms. The second kappa shape index (κ2) is 59.8. The van der Waals surface area contributed by atoms with Gasteiger partial charge in [-0.05, 0) is 240 Å². The number of esters is 5. The first-order valence-electron chi connectivity index (χ1n) is 48.8. The first kappa shape index (κ1) is 105. The number of rotatable bonds is 44. The first-order chi connectivity index (χ1) is 64.8. The number of phenols is 2. The Labute approximate surface area is 796 Å². The normalized spacial score (nSPS) is 18.6. The number of carboxylic acids is 1. The molecule has 3 N–H and O–H groups in total. The number of ether oxygens (including phenoxy) is 8. The molecule has 7 aromatic carbocycles. The third-order valence-corrected chi connectivity index (χ3v) is 26.1. The van der Waals surface area contributed by atoms with Crippen LogP contribution in [0.4, 0.5) is 0 Å². The van der Waals surface area contributed by atoms with Crippen molar-refractivity contribution in [2.45, 2.75) is 257 Å². The summed E-state index contributed by atoms with van der Waals surface area (Å²) in [5, 5.41) is 28.4. The fourth-order valence-electron chi connectivity index (χ4n) is 18.5. The van der Waals surface area contributed by atoms with E-state index in [1.807, 2.05) is 72.8 Å². The van der Waals surface area contributed by atoms with Crippen molar-refractivity contribution in [2.75, 3.05) is 45.5 Å². The van der Waals surface area contributed by atoms with Gasteiger partial charge >= 0.3 is 35.8 Å². The molecule has 4 fully saturated rings. The molecule has 11 rings (SSSR count). The van der Waals surface area contributed by atoms with Gasteiger partial charge in [-0.25, -0.2) is 24.0 Å². The van der Waals surface area contributed by atoms with Gasteiger partial charge in [-0.3, -0.25) is 4.79 Å². The van der Waals surface area contributed by atoms with Crippen LogP contribution in [0.15, 0.2) is 195 Å². The Morgan fingerprint density at radius 3 is 0.850 bits per heavy atom. The van der Waals surface area contributed by atoms with Crippen molar-refractivity contribution in [1.82, 2.24) is 0 Å². The van der Waals surface area contributed by atoms with E-state index in [-0.39, 0.29) is 67.3 Å². The van der Waals surface area contributed by atoms with Gasteiger partial charge in [0, 0.05) is 61.0 Å². The van der Waals surface area contributed by atoms with Crippen LogP contribution in [-0.2, 0) is 28.6 Å². The smallest absolute Gasteiger partial charge is 0.343 e. The summed E-state index contributed by atoms with van der Waals surface area (Å²) in [7, 11) is 0. The maximum absolute atomic E-state index is 13.2. The van der Waals surface area contributed by atoms with Crippen LogP contribution in [0.3, 0.4) is 0 Å². The zero-order chi connectivity index (χ0) is 94.6. The quantitative estimate of drug-likeness (QED) is 0.00612. The fourth-order valence-corrected chi connectivity index (χ4v) is 18.6. The lowest BCUT2D eigenvalue weighted by atomic mass is 9.75. The predicted molar refractivity (Wildman–Crippen MR) is 526 cm³/mol. The number of phenolic OH excluding ortho intramolecular Hbond substituents is 2. The molecule has 4 aliphatic rings. The van der Waals surface area contributed by atoms with Gasteiger partial charge in [0.05, 0.1) is 62.8 Å². The first-order valence-corrected chi connectivity index (χ1v) is 49.3. The number of hydrogen-bond acceptors (Lipinski definition) is 16. The van der Waals surface area contributed by atoms with Gasteiger partial charge in [0.25, 0.3) is 0 Å². The maximum atomic E-state index is 13.2. The van der Waals surface area contributed by atoms with Gasteiger partial charge in [-0.1, -0.05) is 267 Å². The van der Waals surface area contributed by atoms with Crippen molar-refractivity contribution in [1.29, 1.82) is 0 Å². The molecule has 0 aliphatic heterocycles. The second-order valence-corrected chi connectivity index (χ2v) is 36.3. The summed E-state index contributed by atoms with van der Waals surface area (Å²) in [6.45, 7) is 17.8. The summed E-state index contributed by atoms with van der Waals surface area (Å²) in [5.41, 5.74) is 5.52. The number of benzene rings is 7. The Bertz CT molecular complexity index is 4650. The van der Waals surface area contributed by atoms with Crippen LogP contribution in [0.1, 0.15) is 310 Å². The van der Waals surface area contributed by atoms with Crippen LogP contribution in [0, 0.1) is 94.7 Å². The number of aromatic hydroxyl groups is 2. The van der Waals surface area contributed by atoms with Crippen LogP contribution in [0.2, 0.25) is 0 Å². The van der Waals surface area contributed by atoms with E-state index in [2.05, 4.69) is 88.2 Å². The van der Waals surface area contributed by atoms with Gasteiger partial charge in [0.1, 0.15) is 40.2 Å². The molecule has 18 heteroatoms. The highest BCUT2D eigenvalue weighted by molar-refractivity contribution is 6.18. The number of alkyl halides is 1. The minimum atomic E-state index is -0.974. The topological polar surface area (TPSA) is 237 Å². The lowest BCUT2D eigenvalue weighted by Crippen LogP contribution is -2.16. The Morgan fingerprint density at radius 2 is 0.594 bits per heavy atom. The van der Waals surface area contributed by atoms with Crippen LogP contribution in [0.5, 0.6) is 40.2 Å². The van der Waals surface area contributed by atoms with Crippen molar-refractivity contribution >= 4 is 47.4 Å². The van der Waals surface area contributed by atoms with Crippen molar-refractivity contribution in [3.63, 3.8) is 0 Å². The van der Waals surface area contributed by atoms with E-state index in [1.165, 1.54) is 177 Å². The molecule has 708 valence electrons. The zero-order valence-corrected chi connectivity index (χ0v) is 79.4. The van der Waals surface area contributed by atoms with E-state index in [0.29, 0.717) is 114 Å². The Kier molecular flexibility index (Phi) is 47.2. The van der Waals surface area contributed by atoms with Gasteiger partial charge in [0.2, 0.25) is 0 Å². The molecule has 4 saturated carbocycles. The van der Waals surface area contributed by atoms with Gasteiger partial charge in [-0.2, -0.15) is 0 Å².